The first-order valence-corrected chi connectivity index (χ1v) is 13.8. The number of ether oxygens (including phenoxy) is 2. The monoisotopic (exact) mass is 529 g/mol. The zero-order valence-corrected chi connectivity index (χ0v) is 22.4. The van der Waals surface area contributed by atoms with Crippen LogP contribution in [-0.2, 0) is 15.1 Å². The summed E-state index contributed by atoms with van der Waals surface area (Å²) in [4.78, 5) is 26.3. The van der Waals surface area contributed by atoms with E-state index in [4.69, 9.17) is 9.47 Å². The summed E-state index contributed by atoms with van der Waals surface area (Å²) in [5.74, 6) is 0.225. The number of piperidine rings is 3. The van der Waals surface area contributed by atoms with Crippen LogP contribution in [0.5, 0.6) is 5.75 Å². The number of hydrogen-bond acceptors (Lipinski definition) is 5. The van der Waals surface area contributed by atoms with Crippen LogP contribution in [-0.4, -0.2) is 67.4 Å². The second kappa shape index (κ2) is 11.6. The summed E-state index contributed by atoms with van der Waals surface area (Å²) in [6.07, 6.45) is 2.57. The van der Waals surface area contributed by atoms with Gasteiger partial charge in [-0.15, -0.1) is 0 Å². The molecule has 7 heteroatoms. The van der Waals surface area contributed by atoms with Gasteiger partial charge in [0.1, 0.15) is 12.3 Å². The second-order valence-electron chi connectivity index (χ2n) is 10.8. The van der Waals surface area contributed by atoms with E-state index in [1.54, 1.807) is 43.5 Å². The molecule has 6 rings (SSSR count). The van der Waals surface area contributed by atoms with Crippen LogP contribution in [0.3, 0.4) is 0 Å². The van der Waals surface area contributed by atoms with Crippen LogP contribution in [0.1, 0.15) is 40.7 Å². The van der Waals surface area contributed by atoms with Gasteiger partial charge in [-0.1, -0.05) is 66.7 Å². The van der Waals surface area contributed by atoms with E-state index in [9.17, 15) is 14.7 Å². The highest BCUT2D eigenvalue weighted by molar-refractivity contribution is 5.94. The lowest BCUT2D eigenvalue weighted by Gasteiger charge is -2.52. The van der Waals surface area contributed by atoms with Gasteiger partial charge in [-0.25, -0.2) is 4.79 Å². The molecule has 0 aliphatic carbocycles. The van der Waals surface area contributed by atoms with Crippen LogP contribution in [0.25, 0.3) is 0 Å². The molecule has 1 amide bonds. The number of carbonyl (C=O) groups excluding carboxylic acids is 2. The van der Waals surface area contributed by atoms with Gasteiger partial charge in [-0.2, -0.15) is 0 Å². The summed E-state index contributed by atoms with van der Waals surface area (Å²) in [5, 5.41) is 14.8. The van der Waals surface area contributed by atoms with Gasteiger partial charge in [0.25, 0.3) is 5.91 Å². The predicted octanol–water partition coefficient (Wildman–Crippen LogP) is 3.90. The number of amides is 1. The molecule has 0 spiro atoms. The molecular formula is C32H37N2O5+. The highest BCUT2D eigenvalue weighted by Gasteiger charge is 2.50. The second-order valence-corrected chi connectivity index (χ2v) is 10.8. The first kappa shape index (κ1) is 26.9. The molecule has 3 fully saturated rings. The SMILES string of the molecule is COc1cccc(C(=O)NCCC[N+]23CCC(CC2)C(OC(=O)C(O)(c2ccccc2)c2ccccc2)C3)c1. The third kappa shape index (κ3) is 5.70. The van der Waals surface area contributed by atoms with Crippen LogP contribution in [0.4, 0.5) is 0 Å². The minimum absolute atomic E-state index is 0.112. The first-order chi connectivity index (χ1) is 18.9. The van der Waals surface area contributed by atoms with Crippen LogP contribution in [0, 0.1) is 5.92 Å². The number of nitrogens with zero attached hydrogens (tertiary/aromatic N) is 1. The van der Waals surface area contributed by atoms with Crippen LogP contribution in [0.15, 0.2) is 84.9 Å². The quantitative estimate of drug-likeness (QED) is 0.236. The highest BCUT2D eigenvalue weighted by Crippen LogP contribution is 2.38. The Kier molecular flexibility index (Phi) is 8.00. The minimum Gasteiger partial charge on any atom is -0.497 e. The third-order valence-electron chi connectivity index (χ3n) is 8.41. The Hall–Kier alpha value is -3.68. The molecule has 3 aliphatic heterocycles. The average molecular weight is 530 g/mol. The van der Waals surface area contributed by atoms with Gasteiger partial charge in [-0.05, 0) is 29.3 Å². The topological polar surface area (TPSA) is 84.9 Å². The normalized spacial score (nSPS) is 22.2. The lowest BCUT2D eigenvalue weighted by Crippen LogP contribution is -2.65. The lowest BCUT2D eigenvalue weighted by atomic mass is 9.82. The molecule has 3 saturated heterocycles. The Bertz CT molecular complexity index is 1230. The summed E-state index contributed by atoms with van der Waals surface area (Å²) < 4.78 is 12.3. The van der Waals surface area contributed by atoms with Crippen molar-refractivity contribution in [3.05, 3.63) is 102 Å². The predicted molar refractivity (Wildman–Crippen MR) is 148 cm³/mol. The Morgan fingerprint density at radius 2 is 1.59 bits per heavy atom. The van der Waals surface area contributed by atoms with Crippen LogP contribution >= 0.6 is 0 Å². The molecular weight excluding hydrogens is 492 g/mol. The van der Waals surface area contributed by atoms with Crippen molar-refractivity contribution in [2.75, 3.05) is 39.8 Å². The lowest BCUT2D eigenvalue weighted by molar-refractivity contribution is -0.946. The van der Waals surface area contributed by atoms with Crippen molar-refractivity contribution >= 4 is 11.9 Å². The van der Waals surface area contributed by atoms with Crippen molar-refractivity contribution < 1.29 is 28.7 Å². The molecule has 3 aromatic rings. The fraction of sp³-hybridized carbons (Fsp3) is 0.375. The molecule has 0 radical (unpaired) electrons. The van der Waals surface area contributed by atoms with Gasteiger partial charge in [0.15, 0.2) is 6.10 Å². The fourth-order valence-electron chi connectivity index (χ4n) is 6.14. The van der Waals surface area contributed by atoms with E-state index in [0.717, 1.165) is 49.9 Å². The Balaban J connectivity index is 1.22. The number of hydrogen-bond donors (Lipinski definition) is 2. The summed E-state index contributed by atoms with van der Waals surface area (Å²) in [6.45, 7) is 4.31. The maximum Gasteiger partial charge on any atom is 0.348 e. The molecule has 1 atom stereocenters. The Morgan fingerprint density at radius 3 is 2.21 bits per heavy atom. The molecule has 0 saturated carbocycles. The van der Waals surface area contributed by atoms with E-state index < -0.39 is 11.6 Å². The Labute approximate surface area is 230 Å². The first-order valence-electron chi connectivity index (χ1n) is 13.8. The molecule has 0 aromatic heterocycles. The van der Waals surface area contributed by atoms with Crippen molar-refractivity contribution in [3.63, 3.8) is 0 Å². The maximum absolute atomic E-state index is 13.7. The number of methoxy groups -OCH3 is 1. The third-order valence-corrected chi connectivity index (χ3v) is 8.41. The van der Waals surface area contributed by atoms with Crippen LogP contribution in [0.2, 0.25) is 0 Å². The van der Waals surface area contributed by atoms with E-state index in [0.29, 0.717) is 34.9 Å². The highest BCUT2D eigenvalue weighted by atomic mass is 16.6. The molecule has 204 valence electrons. The van der Waals surface area contributed by atoms with Crippen molar-refractivity contribution in [2.45, 2.75) is 31.0 Å². The number of esters is 1. The van der Waals surface area contributed by atoms with E-state index >= 15 is 0 Å². The van der Waals surface area contributed by atoms with E-state index in [1.165, 1.54) is 0 Å². The summed E-state index contributed by atoms with van der Waals surface area (Å²) in [6, 6.07) is 25.2. The zero-order chi connectivity index (χ0) is 27.3. The smallest absolute Gasteiger partial charge is 0.348 e. The van der Waals surface area contributed by atoms with Crippen molar-refractivity contribution in [3.8, 4) is 5.75 Å². The number of quaternary nitrogens is 1. The summed E-state index contributed by atoms with van der Waals surface area (Å²) in [7, 11) is 1.58. The number of rotatable bonds is 10. The van der Waals surface area contributed by atoms with Gasteiger partial charge in [0.2, 0.25) is 5.60 Å². The number of aliphatic hydroxyl groups is 1. The van der Waals surface area contributed by atoms with Gasteiger partial charge in [-0.3, -0.25) is 4.79 Å². The van der Waals surface area contributed by atoms with E-state index in [-0.39, 0.29) is 12.0 Å². The number of nitrogens with one attached hydrogen (secondary N) is 1. The molecule has 2 bridgehead atoms. The van der Waals surface area contributed by atoms with Gasteiger partial charge in [0, 0.05) is 37.3 Å². The molecule has 3 heterocycles. The van der Waals surface area contributed by atoms with E-state index in [1.807, 2.05) is 48.5 Å². The standard InChI is InChI=1S/C32H36N2O5/c1-38-28-15-8-10-25(22-28)30(35)33-18-9-19-34-20-16-24(17-21-34)29(23-34)39-31(36)32(37,26-11-4-2-5-12-26)27-13-6-3-7-14-27/h2-8,10-15,22,24,29,37H,9,16-21,23H2,1H3/p+1. The maximum atomic E-state index is 13.7. The summed E-state index contributed by atoms with van der Waals surface area (Å²) in [5.41, 5.74) is -0.295. The molecule has 3 aromatic carbocycles. The number of carbonyl (C=O) groups is 2. The number of fused-ring (bicyclic) bond motifs is 3. The van der Waals surface area contributed by atoms with Gasteiger partial charge < -0.3 is 24.4 Å². The van der Waals surface area contributed by atoms with Crippen molar-refractivity contribution in [1.82, 2.24) is 5.32 Å². The minimum atomic E-state index is -1.87. The molecule has 1 unspecified atom stereocenters. The average Bonchev–Trinajstić information content (AvgIpc) is 3.00. The van der Waals surface area contributed by atoms with Crippen molar-refractivity contribution in [1.29, 1.82) is 0 Å². The fourth-order valence-corrected chi connectivity index (χ4v) is 6.14. The molecule has 7 nitrogen and oxygen atoms in total. The van der Waals surface area contributed by atoms with E-state index in [2.05, 4.69) is 5.32 Å². The largest absolute Gasteiger partial charge is 0.497 e. The zero-order valence-electron chi connectivity index (χ0n) is 22.4. The Morgan fingerprint density at radius 1 is 0.949 bits per heavy atom. The molecule has 3 aliphatic rings. The molecule has 39 heavy (non-hydrogen) atoms. The van der Waals surface area contributed by atoms with Crippen LogP contribution < -0.4 is 10.1 Å². The van der Waals surface area contributed by atoms with Gasteiger partial charge in [0.05, 0.1) is 26.7 Å². The van der Waals surface area contributed by atoms with Crippen molar-refractivity contribution in [2.24, 2.45) is 5.92 Å². The van der Waals surface area contributed by atoms with Gasteiger partial charge >= 0.3 is 5.97 Å². The molecule has 2 N–H and O–H groups in total. The number of benzene rings is 3. The summed E-state index contributed by atoms with van der Waals surface area (Å²) >= 11 is 0.